The van der Waals surface area contributed by atoms with E-state index in [2.05, 4.69) is 11.1 Å². The summed E-state index contributed by atoms with van der Waals surface area (Å²) < 4.78 is 1.32. The fourth-order valence-corrected chi connectivity index (χ4v) is 4.22. The zero-order valence-corrected chi connectivity index (χ0v) is 19.6. The molecule has 0 saturated carbocycles. The normalized spacial score (nSPS) is 12.4. The maximum atomic E-state index is 13.7. The van der Waals surface area contributed by atoms with Gasteiger partial charge in [-0.1, -0.05) is 36.2 Å². The van der Waals surface area contributed by atoms with Gasteiger partial charge in [0.15, 0.2) is 0 Å². The summed E-state index contributed by atoms with van der Waals surface area (Å²) in [5.74, 6) is 0.196. The maximum Gasteiger partial charge on any atom is 0.408 e. The van der Waals surface area contributed by atoms with Crippen LogP contribution in [0.5, 0.6) is 0 Å². The van der Waals surface area contributed by atoms with Crippen LogP contribution in [0.1, 0.15) is 51.5 Å². The van der Waals surface area contributed by atoms with Crippen LogP contribution in [0.15, 0.2) is 41.2 Å². The Labute approximate surface area is 195 Å². The van der Waals surface area contributed by atoms with Crippen molar-refractivity contribution < 1.29 is 9.90 Å². The van der Waals surface area contributed by atoms with E-state index in [0.717, 1.165) is 0 Å². The Morgan fingerprint density at radius 2 is 1.91 bits per heavy atom. The SMILES string of the molecule is CCC(c1nc2c(Cl)ccc(Cl)c2c(=O)n1-c1cccc(C#N)c1)N(C(=O)O)C(C)(C)C. The van der Waals surface area contributed by atoms with Crippen LogP contribution in [0.4, 0.5) is 4.79 Å². The first-order chi connectivity index (χ1) is 15.0. The van der Waals surface area contributed by atoms with Gasteiger partial charge in [-0.15, -0.1) is 0 Å². The van der Waals surface area contributed by atoms with Crippen molar-refractivity contribution in [2.75, 3.05) is 0 Å². The molecule has 1 atom stereocenters. The molecule has 1 aromatic heterocycles. The molecule has 1 N–H and O–H groups in total. The summed E-state index contributed by atoms with van der Waals surface area (Å²) in [7, 11) is 0. The highest BCUT2D eigenvalue weighted by atomic mass is 35.5. The van der Waals surface area contributed by atoms with Crippen molar-refractivity contribution in [3.63, 3.8) is 0 Å². The van der Waals surface area contributed by atoms with Gasteiger partial charge in [0.05, 0.1) is 44.3 Å². The third-order valence-electron chi connectivity index (χ3n) is 5.11. The first kappa shape index (κ1) is 23.6. The Kier molecular flexibility index (Phi) is 6.49. The molecule has 32 heavy (non-hydrogen) atoms. The number of aromatic nitrogens is 2. The molecule has 0 fully saturated rings. The fourth-order valence-electron chi connectivity index (χ4n) is 3.79. The standard InChI is InChI=1S/C23H22Cl2N4O3/c1-5-17(29(22(31)32)23(2,3)4)20-27-19-16(25)10-9-15(24)18(19)21(30)28(20)14-8-6-7-13(11-14)12-26/h6-11,17H,5H2,1-4H3,(H,31,32). The van der Waals surface area contributed by atoms with Crippen LogP contribution in [0, 0.1) is 11.3 Å². The molecule has 9 heteroatoms. The number of benzene rings is 2. The van der Waals surface area contributed by atoms with Gasteiger partial charge >= 0.3 is 6.09 Å². The van der Waals surface area contributed by atoms with Crippen molar-refractivity contribution in [3.05, 3.63) is 68.2 Å². The predicted octanol–water partition coefficient (Wildman–Crippen LogP) is 5.79. The summed E-state index contributed by atoms with van der Waals surface area (Å²) in [6.45, 7) is 7.13. The number of nitriles is 1. The van der Waals surface area contributed by atoms with E-state index in [4.69, 9.17) is 23.2 Å². The zero-order valence-electron chi connectivity index (χ0n) is 18.1. The Morgan fingerprint density at radius 1 is 1.25 bits per heavy atom. The van der Waals surface area contributed by atoms with Crippen molar-refractivity contribution in [3.8, 4) is 11.8 Å². The van der Waals surface area contributed by atoms with Crippen molar-refractivity contribution in [2.24, 2.45) is 0 Å². The van der Waals surface area contributed by atoms with Crippen LogP contribution in [-0.2, 0) is 0 Å². The molecule has 0 aliphatic heterocycles. The molecule has 1 heterocycles. The maximum absolute atomic E-state index is 13.7. The number of rotatable bonds is 4. The molecule has 0 saturated heterocycles. The van der Waals surface area contributed by atoms with Crippen LogP contribution in [0.3, 0.4) is 0 Å². The number of amides is 1. The van der Waals surface area contributed by atoms with Gasteiger partial charge in [0, 0.05) is 5.54 Å². The van der Waals surface area contributed by atoms with Crippen molar-refractivity contribution >= 4 is 40.2 Å². The zero-order chi connectivity index (χ0) is 23.8. The minimum absolute atomic E-state index is 0.123. The minimum Gasteiger partial charge on any atom is -0.465 e. The van der Waals surface area contributed by atoms with E-state index in [0.29, 0.717) is 17.7 Å². The monoisotopic (exact) mass is 472 g/mol. The molecule has 1 unspecified atom stereocenters. The number of hydrogen-bond donors (Lipinski definition) is 1. The van der Waals surface area contributed by atoms with Gasteiger partial charge in [-0.25, -0.2) is 9.78 Å². The average Bonchev–Trinajstić information content (AvgIpc) is 2.72. The topological polar surface area (TPSA) is 99.2 Å². The van der Waals surface area contributed by atoms with Gasteiger partial charge in [0.2, 0.25) is 0 Å². The Bertz CT molecular complexity index is 1310. The smallest absolute Gasteiger partial charge is 0.408 e. The molecule has 3 aromatic rings. The minimum atomic E-state index is -1.15. The van der Waals surface area contributed by atoms with Crippen LogP contribution < -0.4 is 5.56 Å². The van der Waals surface area contributed by atoms with Gasteiger partial charge in [-0.2, -0.15) is 5.26 Å². The number of carboxylic acid groups (broad SMARTS) is 1. The van der Waals surface area contributed by atoms with Crippen molar-refractivity contribution in [1.82, 2.24) is 14.5 Å². The summed E-state index contributed by atoms with van der Waals surface area (Å²) in [6, 6.07) is 10.8. The summed E-state index contributed by atoms with van der Waals surface area (Å²) in [5, 5.41) is 19.9. The van der Waals surface area contributed by atoms with Gasteiger partial charge in [0.25, 0.3) is 5.56 Å². The number of halogens is 2. The summed E-state index contributed by atoms with van der Waals surface area (Å²) >= 11 is 12.7. The third kappa shape index (κ3) is 4.16. The Morgan fingerprint density at radius 3 is 2.47 bits per heavy atom. The van der Waals surface area contributed by atoms with E-state index in [1.807, 2.05) is 6.92 Å². The van der Waals surface area contributed by atoms with Gasteiger partial charge in [-0.05, 0) is 57.5 Å². The number of hydrogen-bond acceptors (Lipinski definition) is 4. The van der Waals surface area contributed by atoms with Crippen LogP contribution in [0.2, 0.25) is 10.0 Å². The summed E-state index contributed by atoms with van der Waals surface area (Å²) in [5.41, 5.74) is -0.352. The second-order valence-electron chi connectivity index (χ2n) is 8.27. The molecule has 0 aliphatic carbocycles. The molecule has 7 nitrogen and oxygen atoms in total. The number of nitrogens with zero attached hydrogens (tertiary/aromatic N) is 4. The largest absolute Gasteiger partial charge is 0.465 e. The lowest BCUT2D eigenvalue weighted by molar-refractivity contribution is 0.0646. The first-order valence-electron chi connectivity index (χ1n) is 9.94. The van der Waals surface area contributed by atoms with Crippen molar-refractivity contribution in [2.45, 2.75) is 45.7 Å². The lowest BCUT2D eigenvalue weighted by atomic mass is 10.0. The lowest BCUT2D eigenvalue weighted by Crippen LogP contribution is -2.48. The molecular formula is C23H22Cl2N4O3. The summed E-state index contributed by atoms with van der Waals surface area (Å²) in [4.78, 5) is 31.9. The van der Waals surface area contributed by atoms with Crippen LogP contribution in [-0.4, -0.2) is 31.2 Å². The quantitative estimate of drug-likeness (QED) is 0.517. The van der Waals surface area contributed by atoms with Crippen molar-refractivity contribution in [1.29, 1.82) is 5.26 Å². The van der Waals surface area contributed by atoms with E-state index in [1.54, 1.807) is 51.1 Å². The van der Waals surface area contributed by atoms with Crippen LogP contribution in [0.25, 0.3) is 16.6 Å². The molecule has 2 aromatic carbocycles. The Balaban J connectivity index is 2.50. The van der Waals surface area contributed by atoms with Gasteiger partial charge in [-0.3, -0.25) is 14.3 Å². The second kappa shape index (κ2) is 8.81. The van der Waals surface area contributed by atoms with E-state index in [9.17, 15) is 20.0 Å². The molecule has 1 amide bonds. The molecule has 3 rings (SSSR count). The molecular weight excluding hydrogens is 451 g/mol. The van der Waals surface area contributed by atoms with Crippen LogP contribution >= 0.6 is 23.2 Å². The molecule has 166 valence electrons. The fraction of sp³-hybridized carbons (Fsp3) is 0.304. The van der Waals surface area contributed by atoms with E-state index >= 15 is 0 Å². The highest BCUT2D eigenvalue weighted by molar-refractivity contribution is 6.39. The predicted molar refractivity (Wildman–Crippen MR) is 125 cm³/mol. The Hall–Kier alpha value is -3.08. The average molecular weight is 473 g/mol. The van der Waals surface area contributed by atoms with E-state index in [1.165, 1.54) is 15.5 Å². The molecule has 0 spiro atoms. The first-order valence-corrected chi connectivity index (χ1v) is 10.7. The van der Waals surface area contributed by atoms with E-state index < -0.39 is 23.2 Å². The highest BCUT2D eigenvalue weighted by Gasteiger charge is 2.36. The lowest BCUT2D eigenvalue weighted by Gasteiger charge is -2.39. The molecule has 0 radical (unpaired) electrons. The summed E-state index contributed by atoms with van der Waals surface area (Å²) in [6.07, 6.45) is -0.800. The second-order valence-corrected chi connectivity index (χ2v) is 9.09. The highest BCUT2D eigenvalue weighted by Crippen LogP contribution is 2.34. The van der Waals surface area contributed by atoms with Gasteiger partial charge in [0.1, 0.15) is 5.82 Å². The molecule has 0 bridgehead atoms. The van der Waals surface area contributed by atoms with Gasteiger partial charge < -0.3 is 5.11 Å². The molecule has 0 aliphatic rings. The number of carbonyl (C=O) groups is 1. The van der Waals surface area contributed by atoms with E-state index in [-0.39, 0.29) is 26.8 Å². The number of fused-ring (bicyclic) bond motifs is 1. The third-order valence-corrected chi connectivity index (χ3v) is 5.73.